The molecule has 0 fully saturated rings. The molecule has 3 aromatic rings. The molecule has 3 heterocycles. The van der Waals surface area contributed by atoms with Gasteiger partial charge in [0, 0.05) is 27.5 Å². The van der Waals surface area contributed by atoms with Gasteiger partial charge >= 0.3 is 0 Å². The topological polar surface area (TPSA) is 60.0 Å². The van der Waals surface area contributed by atoms with Crippen molar-refractivity contribution in [3.8, 4) is 11.5 Å². The van der Waals surface area contributed by atoms with Crippen LogP contribution < -0.4 is 9.47 Å². The first kappa shape index (κ1) is 14.2. The standard InChI is InChI=1S/C14H9BrClN3O2S/c15-8-2-10-13(17-4-8)19-14(18-10)22-5-7-1-11-12(3-9(7)16)21-6-20-11/h1-4H,5-6H2,(H,17,18,19). The van der Waals surface area contributed by atoms with Gasteiger partial charge in [-0.2, -0.15) is 0 Å². The van der Waals surface area contributed by atoms with Gasteiger partial charge in [-0.05, 0) is 33.6 Å². The van der Waals surface area contributed by atoms with E-state index in [2.05, 4.69) is 30.9 Å². The zero-order valence-corrected chi connectivity index (χ0v) is 14.3. The largest absolute Gasteiger partial charge is 0.454 e. The Labute approximate surface area is 143 Å². The van der Waals surface area contributed by atoms with Gasteiger partial charge in [-0.1, -0.05) is 23.4 Å². The molecule has 22 heavy (non-hydrogen) atoms. The second-order valence-corrected chi connectivity index (χ2v) is 6.94. The Bertz CT molecular complexity index is 871. The number of pyridine rings is 1. The second kappa shape index (κ2) is 5.64. The first-order valence-corrected chi connectivity index (χ1v) is 8.57. The summed E-state index contributed by atoms with van der Waals surface area (Å²) < 4.78 is 11.6. The minimum absolute atomic E-state index is 0.242. The number of rotatable bonds is 3. The fourth-order valence-corrected chi connectivity index (χ4v) is 3.63. The van der Waals surface area contributed by atoms with Gasteiger partial charge in [0.15, 0.2) is 22.3 Å². The Kier molecular flexibility index (Phi) is 3.63. The number of nitrogens with zero attached hydrogens (tertiary/aromatic N) is 2. The average molecular weight is 399 g/mol. The third-order valence-corrected chi connectivity index (χ3v) is 4.90. The van der Waals surface area contributed by atoms with Crippen LogP contribution in [0.5, 0.6) is 11.5 Å². The molecule has 112 valence electrons. The predicted molar refractivity (Wildman–Crippen MR) is 88.7 cm³/mol. The van der Waals surface area contributed by atoms with E-state index in [1.165, 1.54) is 0 Å². The van der Waals surface area contributed by atoms with Crippen LogP contribution in [0.15, 0.2) is 34.0 Å². The molecule has 0 amide bonds. The molecule has 0 atom stereocenters. The van der Waals surface area contributed by atoms with Crippen LogP contribution in [-0.2, 0) is 5.75 Å². The number of thioether (sulfide) groups is 1. The van der Waals surface area contributed by atoms with Crippen LogP contribution in [0, 0.1) is 0 Å². The number of fused-ring (bicyclic) bond motifs is 2. The van der Waals surface area contributed by atoms with Gasteiger partial charge in [-0.15, -0.1) is 0 Å². The number of hydrogen-bond acceptors (Lipinski definition) is 5. The molecule has 0 saturated heterocycles. The molecule has 4 rings (SSSR count). The normalized spacial score (nSPS) is 13.0. The Morgan fingerprint density at radius 3 is 2.95 bits per heavy atom. The molecule has 0 saturated carbocycles. The van der Waals surface area contributed by atoms with E-state index in [1.807, 2.05) is 12.1 Å². The Morgan fingerprint density at radius 1 is 1.27 bits per heavy atom. The van der Waals surface area contributed by atoms with Crippen molar-refractivity contribution < 1.29 is 9.47 Å². The number of nitrogens with one attached hydrogen (secondary N) is 1. The van der Waals surface area contributed by atoms with E-state index in [0.29, 0.717) is 22.2 Å². The molecule has 1 aliphatic heterocycles. The van der Waals surface area contributed by atoms with Gasteiger partial charge < -0.3 is 14.5 Å². The highest BCUT2D eigenvalue weighted by Gasteiger charge is 2.17. The molecule has 1 N–H and O–H groups in total. The van der Waals surface area contributed by atoms with Crippen LogP contribution in [0.4, 0.5) is 0 Å². The molecule has 1 aromatic carbocycles. The number of benzene rings is 1. The predicted octanol–water partition coefficient (Wildman–Crippen LogP) is 4.39. The van der Waals surface area contributed by atoms with Gasteiger partial charge in [-0.3, -0.25) is 0 Å². The number of aromatic nitrogens is 3. The molecule has 0 spiro atoms. The molecule has 0 aliphatic carbocycles. The van der Waals surface area contributed by atoms with Crippen molar-refractivity contribution >= 4 is 50.5 Å². The second-order valence-electron chi connectivity index (χ2n) is 4.65. The number of hydrogen-bond donors (Lipinski definition) is 1. The molecular formula is C14H9BrClN3O2S. The summed E-state index contributed by atoms with van der Waals surface area (Å²) in [6.07, 6.45) is 1.73. The zero-order valence-electron chi connectivity index (χ0n) is 11.1. The van der Waals surface area contributed by atoms with E-state index >= 15 is 0 Å². The maximum Gasteiger partial charge on any atom is 0.231 e. The van der Waals surface area contributed by atoms with Gasteiger partial charge in [0.1, 0.15) is 0 Å². The lowest BCUT2D eigenvalue weighted by molar-refractivity contribution is 0.174. The van der Waals surface area contributed by atoms with Crippen molar-refractivity contribution in [1.82, 2.24) is 15.0 Å². The van der Waals surface area contributed by atoms with Crippen LogP contribution in [0.3, 0.4) is 0 Å². The molecule has 8 heteroatoms. The summed E-state index contributed by atoms with van der Waals surface area (Å²) in [6.45, 7) is 0.242. The van der Waals surface area contributed by atoms with E-state index in [-0.39, 0.29) is 6.79 Å². The van der Waals surface area contributed by atoms with E-state index in [4.69, 9.17) is 21.1 Å². The lowest BCUT2D eigenvalue weighted by atomic mass is 10.2. The van der Waals surface area contributed by atoms with Crippen LogP contribution in [0.25, 0.3) is 11.2 Å². The first-order valence-electron chi connectivity index (χ1n) is 6.41. The molecule has 0 bridgehead atoms. The van der Waals surface area contributed by atoms with Crippen molar-refractivity contribution in [3.63, 3.8) is 0 Å². The third kappa shape index (κ3) is 2.64. The Balaban J connectivity index is 1.56. The highest BCUT2D eigenvalue weighted by Crippen LogP contribution is 2.38. The average Bonchev–Trinajstić information content (AvgIpc) is 3.09. The smallest absolute Gasteiger partial charge is 0.231 e. The molecule has 1 aliphatic rings. The number of ether oxygens (including phenoxy) is 2. The van der Waals surface area contributed by atoms with Crippen LogP contribution >= 0.6 is 39.3 Å². The first-order chi connectivity index (χ1) is 10.7. The summed E-state index contributed by atoms with van der Waals surface area (Å²) in [5.74, 6) is 2.10. The minimum Gasteiger partial charge on any atom is -0.454 e. The van der Waals surface area contributed by atoms with Crippen LogP contribution in [0.2, 0.25) is 5.02 Å². The molecule has 5 nitrogen and oxygen atoms in total. The highest BCUT2D eigenvalue weighted by molar-refractivity contribution is 9.10. The van der Waals surface area contributed by atoms with Gasteiger partial charge in [0.25, 0.3) is 0 Å². The lowest BCUT2D eigenvalue weighted by Crippen LogP contribution is -1.92. The number of H-pyrrole nitrogens is 1. The van der Waals surface area contributed by atoms with Crippen molar-refractivity contribution in [2.75, 3.05) is 6.79 Å². The number of halogens is 2. The van der Waals surface area contributed by atoms with E-state index in [9.17, 15) is 0 Å². The zero-order chi connectivity index (χ0) is 15.1. The fraction of sp³-hybridized carbons (Fsp3) is 0.143. The van der Waals surface area contributed by atoms with Gasteiger partial charge in [0.05, 0.1) is 5.52 Å². The highest BCUT2D eigenvalue weighted by atomic mass is 79.9. The van der Waals surface area contributed by atoms with Crippen molar-refractivity contribution in [3.05, 3.63) is 39.5 Å². The van der Waals surface area contributed by atoms with Gasteiger partial charge in [-0.25, -0.2) is 9.97 Å². The number of aromatic amines is 1. The van der Waals surface area contributed by atoms with Gasteiger partial charge in [0.2, 0.25) is 6.79 Å². The SMILES string of the molecule is Clc1cc2c(cc1CSc1nc3ncc(Br)cc3[nH]1)OCO2. The summed E-state index contributed by atoms with van der Waals surface area (Å²) in [4.78, 5) is 11.9. The minimum atomic E-state index is 0.242. The maximum atomic E-state index is 6.28. The Morgan fingerprint density at radius 2 is 2.09 bits per heavy atom. The van der Waals surface area contributed by atoms with E-state index in [1.54, 1.807) is 24.0 Å². The summed E-state index contributed by atoms with van der Waals surface area (Å²) >= 11 is 11.2. The summed E-state index contributed by atoms with van der Waals surface area (Å²) in [7, 11) is 0. The quantitative estimate of drug-likeness (QED) is 0.663. The monoisotopic (exact) mass is 397 g/mol. The Hall–Kier alpha value is -1.44. The van der Waals surface area contributed by atoms with E-state index < -0.39 is 0 Å². The van der Waals surface area contributed by atoms with Crippen LogP contribution in [-0.4, -0.2) is 21.7 Å². The summed E-state index contributed by atoms with van der Waals surface area (Å²) in [5.41, 5.74) is 2.57. The van der Waals surface area contributed by atoms with Crippen molar-refractivity contribution in [1.29, 1.82) is 0 Å². The summed E-state index contributed by atoms with van der Waals surface area (Å²) in [6, 6.07) is 5.65. The van der Waals surface area contributed by atoms with Crippen molar-refractivity contribution in [2.45, 2.75) is 10.9 Å². The molecule has 0 unspecified atom stereocenters. The third-order valence-electron chi connectivity index (χ3n) is 3.19. The van der Waals surface area contributed by atoms with Crippen LogP contribution in [0.1, 0.15) is 5.56 Å². The fourth-order valence-electron chi connectivity index (χ4n) is 2.14. The molecule has 0 radical (unpaired) electrons. The molecular weight excluding hydrogens is 390 g/mol. The van der Waals surface area contributed by atoms with Crippen molar-refractivity contribution in [2.24, 2.45) is 0 Å². The maximum absolute atomic E-state index is 6.28. The molecule has 2 aromatic heterocycles. The summed E-state index contributed by atoms with van der Waals surface area (Å²) in [5, 5.41) is 1.46. The number of imidazole rings is 1. The van der Waals surface area contributed by atoms with E-state index in [0.717, 1.165) is 26.5 Å². The lowest BCUT2D eigenvalue weighted by Gasteiger charge is -2.04.